The average molecular weight is 458 g/mol. The topological polar surface area (TPSA) is 138 Å². The standard InChI is InChI=1S/C23H32N6O4/c1-12(2)18(24)22(31)33-11-16(23(3,4)5)26-21(30)19-15-9-13-8-14(13)20(15)29(27-19)17-10-28(32)7-6-25-17/h6-7,10,12-14,16,18H,8-9,11,24H2,1-5H3,(H-,25,26,30,32)/p+1/t13-,14-,16+,18-/m0/s1. The lowest BCUT2D eigenvalue weighted by molar-refractivity contribution is -0.495. The first-order valence-electron chi connectivity index (χ1n) is 11.4. The number of nitrogens with two attached hydrogens (primary N) is 1. The van der Waals surface area contributed by atoms with Crippen LogP contribution in [0.4, 0.5) is 0 Å². The number of rotatable bonds is 7. The molecule has 0 aromatic carbocycles. The summed E-state index contributed by atoms with van der Waals surface area (Å²) in [4.78, 5) is 40.4. The van der Waals surface area contributed by atoms with Crippen molar-refractivity contribution in [2.75, 3.05) is 6.61 Å². The van der Waals surface area contributed by atoms with Crippen molar-refractivity contribution < 1.29 is 18.8 Å². The van der Waals surface area contributed by atoms with Crippen LogP contribution in [0.5, 0.6) is 0 Å². The summed E-state index contributed by atoms with van der Waals surface area (Å²) in [5.74, 6) is 0.557. The van der Waals surface area contributed by atoms with Gasteiger partial charge in [-0.3, -0.25) is 9.59 Å². The van der Waals surface area contributed by atoms with Gasteiger partial charge in [0.1, 0.15) is 12.6 Å². The third-order valence-corrected chi connectivity index (χ3v) is 6.64. The van der Waals surface area contributed by atoms with Gasteiger partial charge in [0.05, 0.1) is 22.4 Å². The Hall–Kier alpha value is -3.01. The van der Waals surface area contributed by atoms with Crippen LogP contribution < -0.4 is 15.5 Å². The largest absolute Gasteiger partial charge is 0.462 e. The molecule has 2 aromatic heterocycles. The molecule has 33 heavy (non-hydrogen) atoms. The zero-order chi connectivity index (χ0) is 24.1. The second kappa shape index (κ2) is 8.40. The summed E-state index contributed by atoms with van der Waals surface area (Å²) < 4.78 is 7.83. The van der Waals surface area contributed by atoms with Crippen molar-refractivity contribution in [3.8, 4) is 5.82 Å². The number of nitrogens with one attached hydrogen (secondary N) is 2. The first kappa shape index (κ1) is 23.2. The number of hydrogen-bond acceptors (Lipinski definition) is 6. The van der Waals surface area contributed by atoms with Crippen LogP contribution >= 0.6 is 0 Å². The van der Waals surface area contributed by atoms with Gasteiger partial charge >= 0.3 is 5.97 Å². The number of esters is 1. The number of carbonyl (C=O) groups excluding carboxylic acids is 2. The van der Waals surface area contributed by atoms with Crippen LogP contribution in [-0.2, 0) is 16.0 Å². The van der Waals surface area contributed by atoms with Gasteiger partial charge < -0.3 is 20.8 Å². The van der Waals surface area contributed by atoms with E-state index in [0.717, 1.165) is 24.1 Å². The molecule has 2 aliphatic rings. The van der Waals surface area contributed by atoms with Gasteiger partial charge in [-0.2, -0.15) is 5.10 Å². The molecule has 1 fully saturated rings. The Morgan fingerprint density at radius 3 is 2.76 bits per heavy atom. The van der Waals surface area contributed by atoms with Crippen LogP contribution in [0, 0.1) is 22.2 Å². The molecule has 0 radical (unpaired) electrons. The van der Waals surface area contributed by atoms with E-state index in [1.807, 2.05) is 34.6 Å². The van der Waals surface area contributed by atoms with Gasteiger partial charge in [0.15, 0.2) is 5.69 Å². The monoisotopic (exact) mass is 457 g/mol. The second-order valence-electron chi connectivity index (χ2n) is 10.6. The second-order valence-corrected chi connectivity index (χ2v) is 10.6. The molecule has 2 aliphatic carbocycles. The number of H-pyrrole nitrogens is 1. The Balaban J connectivity index is 1.57. The van der Waals surface area contributed by atoms with Gasteiger partial charge in [-0.1, -0.05) is 34.6 Å². The molecule has 0 aliphatic heterocycles. The van der Waals surface area contributed by atoms with Crippen molar-refractivity contribution in [1.29, 1.82) is 0 Å². The van der Waals surface area contributed by atoms with E-state index in [1.54, 1.807) is 10.9 Å². The highest BCUT2D eigenvalue weighted by molar-refractivity contribution is 5.94. The molecule has 1 saturated carbocycles. The van der Waals surface area contributed by atoms with Gasteiger partial charge in [-0.05, 0) is 30.1 Å². The molecule has 4 atom stereocenters. The number of fused-ring (bicyclic) bond motifs is 3. The van der Waals surface area contributed by atoms with Crippen LogP contribution in [0.2, 0.25) is 0 Å². The Morgan fingerprint density at radius 2 is 2.12 bits per heavy atom. The summed E-state index contributed by atoms with van der Waals surface area (Å²) in [5, 5.41) is 7.62. The maximum atomic E-state index is 13.4. The van der Waals surface area contributed by atoms with E-state index in [4.69, 9.17) is 10.5 Å². The molecule has 2 heterocycles. The minimum atomic E-state index is -0.710. The fourth-order valence-electron chi connectivity index (χ4n) is 4.26. The maximum absolute atomic E-state index is 13.4. The lowest BCUT2D eigenvalue weighted by Gasteiger charge is -2.31. The van der Waals surface area contributed by atoms with E-state index in [2.05, 4.69) is 15.4 Å². The van der Waals surface area contributed by atoms with E-state index < -0.39 is 18.1 Å². The predicted octanol–water partition coefficient (Wildman–Crippen LogP) is 1.45. The molecule has 0 unspecified atom stereocenters. The van der Waals surface area contributed by atoms with E-state index in [0.29, 0.717) is 27.8 Å². The molecule has 10 nitrogen and oxygen atoms in total. The highest BCUT2D eigenvalue weighted by atomic mass is 16.5. The van der Waals surface area contributed by atoms with E-state index >= 15 is 0 Å². The quantitative estimate of drug-likeness (QED) is 0.425. The fraction of sp³-hybridized carbons (Fsp3) is 0.609. The molecule has 0 spiro atoms. The molecule has 178 valence electrons. The molecular weight excluding hydrogens is 424 g/mol. The highest BCUT2D eigenvalue weighted by Gasteiger charge is 2.50. The van der Waals surface area contributed by atoms with Crippen molar-refractivity contribution in [1.82, 2.24) is 20.1 Å². The smallest absolute Gasteiger partial charge is 0.323 e. The number of hydrogen-bond donors (Lipinski definition) is 3. The molecule has 4 N–H and O–H groups in total. The summed E-state index contributed by atoms with van der Waals surface area (Å²) in [7, 11) is 0. The van der Waals surface area contributed by atoms with E-state index in [-0.39, 0.29) is 23.8 Å². The summed E-state index contributed by atoms with van der Waals surface area (Å²) in [6.45, 7) is 9.64. The average Bonchev–Trinajstić information content (AvgIpc) is 3.23. The van der Waals surface area contributed by atoms with Gasteiger partial charge in [0.2, 0.25) is 12.0 Å². The van der Waals surface area contributed by atoms with Crippen molar-refractivity contribution in [3.63, 3.8) is 0 Å². The normalized spacial score (nSPS) is 20.7. The number of carbonyl (C=O) groups is 2. The molecule has 2 aromatic rings. The van der Waals surface area contributed by atoms with Crippen LogP contribution in [-0.4, -0.2) is 45.3 Å². The van der Waals surface area contributed by atoms with Gasteiger partial charge in [0, 0.05) is 16.4 Å². The first-order valence-corrected chi connectivity index (χ1v) is 11.4. The Morgan fingerprint density at radius 1 is 1.39 bits per heavy atom. The van der Waals surface area contributed by atoms with Crippen molar-refractivity contribution in [2.45, 2.75) is 65.5 Å². The molecule has 10 heteroatoms. The first-order chi connectivity index (χ1) is 15.5. The molecule has 1 amide bonds. The minimum Gasteiger partial charge on any atom is -0.462 e. The summed E-state index contributed by atoms with van der Waals surface area (Å²) in [5.41, 5.74) is 7.80. The zero-order valence-electron chi connectivity index (χ0n) is 19.8. The van der Waals surface area contributed by atoms with Crippen molar-refractivity contribution in [2.24, 2.45) is 23.0 Å². The highest BCUT2D eigenvalue weighted by Crippen LogP contribution is 2.57. The Bertz CT molecular complexity index is 1130. The summed E-state index contributed by atoms with van der Waals surface area (Å²) >= 11 is 0. The van der Waals surface area contributed by atoms with E-state index in [9.17, 15) is 14.5 Å². The SMILES string of the molecule is CC(C)[C@H](N)C(=O)OC[C@@H](NC(=O)c1nn(-c2c[n+](=O)cc[nH]2)c2c1C[C@@H]1C[C@H]21)C(C)(C)C. The predicted molar refractivity (Wildman–Crippen MR) is 120 cm³/mol. The van der Waals surface area contributed by atoms with Crippen LogP contribution in [0.1, 0.15) is 68.7 Å². The minimum absolute atomic E-state index is 0.0191. The molecule has 0 saturated heterocycles. The lowest BCUT2D eigenvalue weighted by Crippen LogP contribution is -2.48. The number of aromatic nitrogens is 4. The van der Waals surface area contributed by atoms with E-state index in [1.165, 1.54) is 12.4 Å². The van der Waals surface area contributed by atoms with Crippen molar-refractivity contribution in [3.05, 3.63) is 40.4 Å². The third kappa shape index (κ3) is 4.57. The summed E-state index contributed by atoms with van der Waals surface area (Å²) in [6.07, 6.45) is 6.18. The number of ether oxygens (including phenoxy) is 1. The van der Waals surface area contributed by atoms with Crippen LogP contribution in [0.15, 0.2) is 18.6 Å². The number of amides is 1. The number of nitrogens with zero attached hydrogens (tertiary/aromatic N) is 3. The zero-order valence-corrected chi connectivity index (χ0v) is 19.8. The summed E-state index contributed by atoms with van der Waals surface area (Å²) in [6, 6.07) is -1.14. The molecular formula is C23H33N6O4+. The number of aromatic amines is 1. The van der Waals surface area contributed by atoms with Gasteiger partial charge in [-0.25, -0.2) is 4.68 Å². The Labute approximate surface area is 192 Å². The molecule has 4 rings (SSSR count). The van der Waals surface area contributed by atoms with Gasteiger partial charge in [-0.15, -0.1) is 0 Å². The van der Waals surface area contributed by atoms with Crippen molar-refractivity contribution >= 4 is 11.9 Å². The lowest BCUT2D eigenvalue weighted by atomic mass is 9.87. The fourth-order valence-corrected chi connectivity index (χ4v) is 4.26. The maximum Gasteiger partial charge on any atom is 0.323 e. The molecule has 0 bridgehead atoms. The van der Waals surface area contributed by atoms with Crippen LogP contribution in [0.3, 0.4) is 0 Å². The van der Waals surface area contributed by atoms with Gasteiger partial charge in [0.25, 0.3) is 12.1 Å². The third-order valence-electron chi connectivity index (χ3n) is 6.64. The Kier molecular flexibility index (Phi) is 5.90. The van der Waals surface area contributed by atoms with Crippen LogP contribution in [0.25, 0.3) is 5.82 Å².